The lowest BCUT2D eigenvalue weighted by atomic mass is 10.1. The number of ether oxygens (including phenoxy) is 3. The number of methoxy groups -OCH3 is 1. The van der Waals surface area contributed by atoms with E-state index < -0.39 is 17.5 Å². The van der Waals surface area contributed by atoms with Gasteiger partial charge < -0.3 is 19.2 Å². The minimum atomic E-state index is -0.595. The molecule has 0 aliphatic carbocycles. The summed E-state index contributed by atoms with van der Waals surface area (Å²) in [6, 6.07) is 6.68. The normalized spacial score (nSPS) is 9.39. The minimum Gasteiger partial charge on any atom is -0.480 e. The number of hydrogen-bond donors (Lipinski definition) is 1. The zero-order valence-electron chi connectivity index (χ0n) is 17.9. The molecule has 0 spiro atoms. The number of esters is 2. The highest BCUT2D eigenvalue weighted by molar-refractivity contribution is 5.88. The molecule has 0 fully saturated rings. The van der Waals surface area contributed by atoms with Crippen molar-refractivity contribution in [3.8, 4) is 18.0 Å². The Bertz CT molecular complexity index is 1110. The Morgan fingerprint density at radius 2 is 1.55 bits per heavy atom. The topological polar surface area (TPSA) is 155 Å². The summed E-state index contributed by atoms with van der Waals surface area (Å²) >= 11 is 0. The van der Waals surface area contributed by atoms with Gasteiger partial charge in [-0.2, -0.15) is 10.5 Å². The van der Waals surface area contributed by atoms with E-state index in [4.69, 9.17) is 24.7 Å². The van der Waals surface area contributed by atoms with Crippen LogP contribution >= 0.6 is 0 Å². The van der Waals surface area contributed by atoms with E-state index in [1.54, 1.807) is 33.8 Å². The Balaban J connectivity index is 0.000000311. The maximum absolute atomic E-state index is 11.4. The first-order chi connectivity index (χ1) is 14.7. The molecule has 0 radical (unpaired) electrons. The quantitative estimate of drug-likeness (QED) is 0.708. The summed E-state index contributed by atoms with van der Waals surface area (Å²) < 4.78 is 14.5. The van der Waals surface area contributed by atoms with Crippen LogP contribution in [-0.4, -0.2) is 42.2 Å². The van der Waals surface area contributed by atoms with Crippen LogP contribution in [0.4, 0.5) is 0 Å². The van der Waals surface area contributed by atoms with E-state index in [2.05, 4.69) is 9.97 Å². The summed E-state index contributed by atoms with van der Waals surface area (Å²) in [5.74, 6) is -0.971. The third-order valence-corrected chi connectivity index (χ3v) is 3.81. The number of nitrogens with one attached hydrogen (secondary N) is 1. The maximum Gasteiger partial charge on any atom is 0.357 e. The fraction of sp³-hybridized carbons (Fsp3) is 0.333. The van der Waals surface area contributed by atoms with Gasteiger partial charge in [0.1, 0.15) is 29.0 Å². The summed E-state index contributed by atoms with van der Waals surface area (Å²) in [6.07, 6.45) is 0. The molecule has 0 aliphatic heterocycles. The molecule has 31 heavy (non-hydrogen) atoms. The third kappa shape index (κ3) is 6.41. The van der Waals surface area contributed by atoms with Gasteiger partial charge in [0.2, 0.25) is 5.88 Å². The van der Waals surface area contributed by atoms with Crippen molar-refractivity contribution in [1.29, 1.82) is 10.5 Å². The van der Waals surface area contributed by atoms with Crippen LogP contribution in [0.5, 0.6) is 5.88 Å². The number of aromatic amines is 1. The summed E-state index contributed by atoms with van der Waals surface area (Å²) in [7, 11) is 1.40. The van der Waals surface area contributed by atoms with Gasteiger partial charge in [0.15, 0.2) is 5.69 Å². The van der Waals surface area contributed by atoms with Crippen LogP contribution in [0, 0.1) is 36.5 Å². The van der Waals surface area contributed by atoms with Gasteiger partial charge in [0, 0.05) is 0 Å². The number of aryl methyl sites for hydroxylation is 2. The van der Waals surface area contributed by atoms with Crippen LogP contribution in [0.2, 0.25) is 0 Å². The molecule has 10 nitrogen and oxygen atoms in total. The maximum atomic E-state index is 11.4. The largest absolute Gasteiger partial charge is 0.480 e. The zero-order chi connectivity index (χ0) is 23.6. The summed E-state index contributed by atoms with van der Waals surface area (Å²) in [5, 5.41) is 17.5. The van der Waals surface area contributed by atoms with Crippen molar-refractivity contribution in [3.63, 3.8) is 0 Å². The van der Waals surface area contributed by atoms with Crippen molar-refractivity contribution in [2.24, 2.45) is 0 Å². The predicted octanol–water partition coefficient (Wildman–Crippen LogP) is 2.18. The molecule has 2 heterocycles. The standard InChI is InChI=1S/C11H12N2O3.C10H10N2O3/c1-4-16-11(14)9-5-7(2)8(6-12)10(13-9)15-3;1-3-15-10(14)8-4-6(2)7(5-11)9(13)12-8/h5H,4H2,1-3H3;4H,3H2,1-2H3,(H,12,13). The molecule has 1 N–H and O–H groups in total. The van der Waals surface area contributed by atoms with E-state index >= 15 is 0 Å². The molecular weight excluding hydrogens is 404 g/mol. The number of carbonyl (C=O) groups excluding carboxylic acids is 2. The Kier molecular flexibility index (Phi) is 9.41. The van der Waals surface area contributed by atoms with Gasteiger partial charge in [-0.15, -0.1) is 0 Å². The van der Waals surface area contributed by atoms with Crippen LogP contribution < -0.4 is 10.3 Å². The van der Waals surface area contributed by atoms with Gasteiger partial charge >= 0.3 is 11.9 Å². The lowest BCUT2D eigenvalue weighted by Crippen LogP contribution is -2.18. The van der Waals surface area contributed by atoms with E-state index in [0.29, 0.717) is 16.7 Å². The molecule has 0 bridgehead atoms. The zero-order valence-corrected chi connectivity index (χ0v) is 17.9. The average Bonchev–Trinajstić information content (AvgIpc) is 2.73. The number of aromatic nitrogens is 2. The second kappa shape index (κ2) is 11.7. The van der Waals surface area contributed by atoms with Crippen LogP contribution in [0.25, 0.3) is 0 Å². The van der Waals surface area contributed by atoms with Crippen LogP contribution in [-0.2, 0) is 9.47 Å². The fourth-order valence-electron chi connectivity index (χ4n) is 2.38. The van der Waals surface area contributed by atoms with E-state index in [0.717, 1.165) is 0 Å². The number of nitriles is 2. The van der Waals surface area contributed by atoms with Crippen molar-refractivity contribution in [2.45, 2.75) is 27.7 Å². The molecule has 0 unspecified atom stereocenters. The Morgan fingerprint density at radius 3 is 2.03 bits per heavy atom. The summed E-state index contributed by atoms with van der Waals surface area (Å²) in [6.45, 7) is 7.21. The molecule has 0 aromatic carbocycles. The Hall–Kier alpha value is -4.18. The molecule has 2 aromatic rings. The monoisotopic (exact) mass is 426 g/mol. The van der Waals surface area contributed by atoms with E-state index in [1.807, 2.05) is 6.07 Å². The number of nitrogens with zero attached hydrogens (tertiary/aromatic N) is 3. The third-order valence-electron chi connectivity index (χ3n) is 3.81. The van der Waals surface area contributed by atoms with E-state index in [9.17, 15) is 14.4 Å². The molecule has 2 rings (SSSR count). The van der Waals surface area contributed by atoms with Gasteiger partial charge in [0.25, 0.3) is 5.56 Å². The van der Waals surface area contributed by atoms with Crippen molar-refractivity contribution < 1.29 is 23.8 Å². The van der Waals surface area contributed by atoms with Crippen LogP contribution in [0.1, 0.15) is 57.1 Å². The first kappa shape index (κ1) is 24.9. The first-order valence-corrected chi connectivity index (χ1v) is 9.17. The van der Waals surface area contributed by atoms with Crippen molar-refractivity contribution in [3.05, 3.63) is 56.1 Å². The lowest BCUT2D eigenvalue weighted by Gasteiger charge is -2.07. The average molecular weight is 426 g/mol. The highest BCUT2D eigenvalue weighted by Crippen LogP contribution is 2.19. The fourth-order valence-corrected chi connectivity index (χ4v) is 2.38. The second-order valence-corrected chi connectivity index (χ2v) is 5.94. The molecule has 0 amide bonds. The number of rotatable bonds is 5. The number of pyridine rings is 2. The molecular formula is C21H22N4O6. The van der Waals surface area contributed by atoms with Gasteiger partial charge in [-0.05, 0) is 51.0 Å². The smallest absolute Gasteiger partial charge is 0.357 e. The van der Waals surface area contributed by atoms with E-state index in [-0.39, 0.29) is 36.0 Å². The van der Waals surface area contributed by atoms with Crippen LogP contribution in [0.3, 0.4) is 0 Å². The molecule has 0 saturated heterocycles. The van der Waals surface area contributed by atoms with Crippen molar-refractivity contribution in [1.82, 2.24) is 9.97 Å². The summed E-state index contributed by atoms with van der Waals surface area (Å²) in [4.78, 5) is 40.3. The molecule has 162 valence electrons. The van der Waals surface area contributed by atoms with Gasteiger partial charge in [-0.1, -0.05) is 0 Å². The van der Waals surface area contributed by atoms with E-state index in [1.165, 1.54) is 19.2 Å². The van der Waals surface area contributed by atoms with Crippen molar-refractivity contribution in [2.75, 3.05) is 20.3 Å². The Morgan fingerprint density at radius 1 is 1.00 bits per heavy atom. The Labute approximate surface area is 179 Å². The SMILES string of the molecule is CCOC(=O)c1cc(C)c(C#N)c(=O)[nH]1.CCOC(=O)c1cc(C)c(C#N)c(OC)n1. The van der Waals surface area contributed by atoms with Gasteiger partial charge in [-0.3, -0.25) is 4.79 Å². The van der Waals surface area contributed by atoms with Crippen LogP contribution in [0.15, 0.2) is 16.9 Å². The lowest BCUT2D eigenvalue weighted by molar-refractivity contribution is 0.0509. The molecule has 10 heteroatoms. The van der Waals surface area contributed by atoms with Crippen molar-refractivity contribution >= 4 is 11.9 Å². The summed E-state index contributed by atoms with van der Waals surface area (Å²) in [5.41, 5.74) is 1.09. The van der Waals surface area contributed by atoms with Gasteiger partial charge in [0.05, 0.1) is 20.3 Å². The highest BCUT2D eigenvalue weighted by atomic mass is 16.5. The number of hydrogen-bond acceptors (Lipinski definition) is 9. The van der Waals surface area contributed by atoms with Gasteiger partial charge in [-0.25, -0.2) is 14.6 Å². The highest BCUT2D eigenvalue weighted by Gasteiger charge is 2.15. The molecule has 2 aromatic heterocycles. The molecule has 0 saturated carbocycles. The predicted molar refractivity (Wildman–Crippen MR) is 109 cm³/mol. The molecule has 0 aliphatic rings. The minimum absolute atomic E-state index is 0.0167. The number of carbonyl (C=O) groups is 2. The molecule has 0 atom stereocenters. The first-order valence-electron chi connectivity index (χ1n) is 9.17. The second-order valence-electron chi connectivity index (χ2n) is 5.94. The number of H-pyrrole nitrogens is 1.